The number of amides is 1. The standard InChI is InChI=1S/C28H36N6O3/c1-18-6-7-23(37-18)16-36-22-5-3-4-20(12-22)24-14-34(28-26(24)27(29)30-17-31-28)21-10-19(11-21)13-33-9-8-32(2)25(35)15-33/h3-5,12,14,17-19,21,23H,6-11,13,15-16H2,1-2H3,(H2,29,30,31). The number of carbonyl (C=O) groups excluding carboxylic acids is 1. The van der Waals surface area contributed by atoms with Gasteiger partial charge < -0.3 is 24.7 Å². The zero-order chi connectivity index (χ0) is 25.5. The fourth-order valence-electron chi connectivity index (χ4n) is 5.96. The van der Waals surface area contributed by atoms with Gasteiger partial charge in [0.15, 0.2) is 0 Å². The van der Waals surface area contributed by atoms with E-state index < -0.39 is 0 Å². The molecule has 2 unspecified atom stereocenters. The molecule has 2 N–H and O–H groups in total. The molecule has 9 nitrogen and oxygen atoms in total. The Labute approximate surface area is 217 Å². The fourth-order valence-corrected chi connectivity index (χ4v) is 5.96. The molecule has 3 aliphatic rings. The molecule has 3 aromatic rings. The minimum Gasteiger partial charge on any atom is -0.491 e. The number of fused-ring (bicyclic) bond motifs is 1. The number of likely N-dealkylation sites (N-methyl/N-ethyl adjacent to an activating group) is 1. The first-order valence-electron chi connectivity index (χ1n) is 13.4. The van der Waals surface area contributed by atoms with Crippen LogP contribution in [-0.4, -0.2) is 82.3 Å². The van der Waals surface area contributed by atoms with Crippen molar-refractivity contribution in [3.63, 3.8) is 0 Å². The van der Waals surface area contributed by atoms with Crippen molar-refractivity contribution in [1.82, 2.24) is 24.3 Å². The van der Waals surface area contributed by atoms with Crippen LogP contribution in [0.3, 0.4) is 0 Å². The molecule has 2 aliphatic heterocycles. The van der Waals surface area contributed by atoms with Crippen LogP contribution in [0.5, 0.6) is 5.75 Å². The van der Waals surface area contributed by atoms with Crippen molar-refractivity contribution in [3.05, 3.63) is 36.8 Å². The lowest BCUT2D eigenvalue weighted by Crippen LogP contribution is -2.50. The number of aromatic nitrogens is 3. The highest BCUT2D eigenvalue weighted by atomic mass is 16.5. The van der Waals surface area contributed by atoms with Gasteiger partial charge in [0, 0.05) is 44.5 Å². The summed E-state index contributed by atoms with van der Waals surface area (Å²) < 4.78 is 14.3. The van der Waals surface area contributed by atoms with Crippen LogP contribution in [0.2, 0.25) is 0 Å². The number of benzene rings is 1. The Bertz CT molecular complexity index is 1290. The summed E-state index contributed by atoms with van der Waals surface area (Å²) in [5, 5.41) is 0.890. The number of nitrogens with zero attached hydrogens (tertiary/aromatic N) is 5. The van der Waals surface area contributed by atoms with Gasteiger partial charge in [0.1, 0.15) is 30.1 Å². The molecular formula is C28H36N6O3. The molecule has 1 amide bonds. The first-order chi connectivity index (χ1) is 17.9. The van der Waals surface area contributed by atoms with Crippen LogP contribution < -0.4 is 10.5 Å². The SMILES string of the molecule is CC1CCC(COc2cccc(-c3cn(C4CC(CN5CCN(C)C(=O)C5)C4)c4ncnc(N)c34)c2)O1. The van der Waals surface area contributed by atoms with E-state index in [-0.39, 0.29) is 12.0 Å². The highest BCUT2D eigenvalue weighted by Gasteiger charge is 2.35. The van der Waals surface area contributed by atoms with Crippen molar-refractivity contribution in [2.45, 2.75) is 50.9 Å². The minimum absolute atomic E-state index is 0.153. The average molecular weight is 505 g/mol. The maximum Gasteiger partial charge on any atom is 0.236 e. The zero-order valence-electron chi connectivity index (χ0n) is 21.7. The van der Waals surface area contributed by atoms with E-state index in [9.17, 15) is 4.79 Å². The normalized spacial score (nSPS) is 26.5. The van der Waals surface area contributed by atoms with Gasteiger partial charge in [0.2, 0.25) is 5.91 Å². The monoisotopic (exact) mass is 504 g/mol. The Hall–Kier alpha value is -3.17. The van der Waals surface area contributed by atoms with Gasteiger partial charge in [-0.1, -0.05) is 12.1 Å². The molecule has 0 radical (unpaired) electrons. The summed E-state index contributed by atoms with van der Waals surface area (Å²) in [7, 11) is 1.88. The molecule has 9 heteroatoms. The lowest BCUT2D eigenvalue weighted by molar-refractivity contribution is -0.134. The second kappa shape index (κ2) is 9.95. The van der Waals surface area contributed by atoms with Gasteiger partial charge >= 0.3 is 0 Å². The van der Waals surface area contributed by atoms with Gasteiger partial charge in [0.05, 0.1) is 24.1 Å². The summed E-state index contributed by atoms with van der Waals surface area (Å²) in [4.78, 5) is 25.1. The Morgan fingerprint density at radius 1 is 1.19 bits per heavy atom. The molecule has 196 valence electrons. The van der Waals surface area contributed by atoms with E-state index in [1.54, 1.807) is 6.33 Å². The van der Waals surface area contributed by atoms with Gasteiger partial charge in [-0.2, -0.15) is 0 Å². The maximum atomic E-state index is 12.1. The van der Waals surface area contributed by atoms with Gasteiger partial charge in [-0.05, 0) is 56.2 Å². The van der Waals surface area contributed by atoms with Crippen molar-refractivity contribution in [2.24, 2.45) is 5.92 Å². The van der Waals surface area contributed by atoms with E-state index in [1.165, 1.54) is 0 Å². The third-order valence-corrected chi connectivity index (χ3v) is 8.20. The second-order valence-corrected chi connectivity index (χ2v) is 10.9. The van der Waals surface area contributed by atoms with E-state index in [1.807, 2.05) is 24.1 Å². The molecule has 2 aromatic heterocycles. The Morgan fingerprint density at radius 3 is 2.84 bits per heavy atom. The highest BCUT2D eigenvalue weighted by Crippen LogP contribution is 2.43. The third-order valence-electron chi connectivity index (χ3n) is 8.20. The quantitative estimate of drug-likeness (QED) is 0.527. The molecule has 2 saturated heterocycles. The molecule has 0 spiro atoms. The lowest BCUT2D eigenvalue weighted by atomic mass is 9.79. The molecule has 6 rings (SSSR count). The number of rotatable bonds is 7. The van der Waals surface area contributed by atoms with E-state index in [2.05, 4.69) is 44.7 Å². The van der Waals surface area contributed by atoms with Gasteiger partial charge in [-0.3, -0.25) is 9.69 Å². The molecule has 37 heavy (non-hydrogen) atoms. The van der Waals surface area contributed by atoms with Gasteiger partial charge in [-0.15, -0.1) is 0 Å². The summed E-state index contributed by atoms with van der Waals surface area (Å²) in [6.07, 6.45) is 8.44. The van der Waals surface area contributed by atoms with Crippen molar-refractivity contribution in [3.8, 4) is 16.9 Å². The summed E-state index contributed by atoms with van der Waals surface area (Å²) in [6, 6.07) is 8.52. The van der Waals surface area contributed by atoms with Crippen LogP contribution in [0, 0.1) is 5.92 Å². The number of piperazine rings is 1. The maximum absolute atomic E-state index is 12.1. The molecule has 1 aromatic carbocycles. The summed E-state index contributed by atoms with van der Waals surface area (Å²) >= 11 is 0. The number of nitrogen functional groups attached to an aromatic ring is 1. The lowest BCUT2D eigenvalue weighted by Gasteiger charge is -2.41. The minimum atomic E-state index is 0.153. The summed E-state index contributed by atoms with van der Waals surface area (Å²) in [5.74, 6) is 2.11. The van der Waals surface area contributed by atoms with Crippen molar-refractivity contribution in [1.29, 1.82) is 0 Å². The van der Waals surface area contributed by atoms with E-state index >= 15 is 0 Å². The van der Waals surface area contributed by atoms with E-state index in [0.717, 1.165) is 73.2 Å². The van der Waals surface area contributed by atoms with Crippen molar-refractivity contribution < 1.29 is 14.3 Å². The van der Waals surface area contributed by atoms with Crippen LogP contribution >= 0.6 is 0 Å². The third kappa shape index (κ3) is 4.90. The number of nitrogens with two attached hydrogens (primary N) is 1. The molecule has 4 heterocycles. The molecule has 2 atom stereocenters. The van der Waals surface area contributed by atoms with E-state index in [4.69, 9.17) is 15.2 Å². The molecule has 1 saturated carbocycles. The van der Waals surface area contributed by atoms with E-state index in [0.29, 0.717) is 37.0 Å². The first kappa shape index (κ1) is 24.2. The summed E-state index contributed by atoms with van der Waals surface area (Å²) in [6.45, 7) is 5.94. The first-order valence-corrected chi connectivity index (χ1v) is 13.4. The Balaban J connectivity index is 1.18. The molecule has 3 fully saturated rings. The number of hydrogen-bond donors (Lipinski definition) is 1. The summed E-state index contributed by atoms with van der Waals surface area (Å²) in [5.41, 5.74) is 9.32. The van der Waals surface area contributed by atoms with Gasteiger partial charge in [0.25, 0.3) is 0 Å². The van der Waals surface area contributed by atoms with Gasteiger partial charge in [-0.25, -0.2) is 9.97 Å². The topological polar surface area (TPSA) is 98.7 Å². The number of carbonyl (C=O) groups is 1. The van der Waals surface area contributed by atoms with Crippen LogP contribution in [0.15, 0.2) is 36.8 Å². The fraction of sp³-hybridized carbons (Fsp3) is 0.536. The number of anilines is 1. The smallest absolute Gasteiger partial charge is 0.236 e. The zero-order valence-corrected chi connectivity index (χ0v) is 21.7. The molecule has 0 bridgehead atoms. The predicted molar refractivity (Wildman–Crippen MR) is 142 cm³/mol. The number of ether oxygens (including phenoxy) is 2. The Morgan fingerprint density at radius 2 is 2.05 bits per heavy atom. The average Bonchev–Trinajstić information content (AvgIpc) is 3.46. The highest BCUT2D eigenvalue weighted by molar-refractivity contribution is 6.00. The second-order valence-electron chi connectivity index (χ2n) is 10.9. The van der Waals surface area contributed by atoms with Crippen LogP contribution in [-0.2, 0) is 9.53 Å². The Kier molecular flexibility index (Phi) is 6.50. The van der Waals surface area contributed by atoms with Crippen molar-refractivity contribution in [2.75, 3.05) is 45.6 Å². The van der Waals surface area contributed by atoms with Crippen LogP contribution in [0.25, 0.3) is 22.2 Å². The van der Waals surface area contributed by atoms with Crippen LogP contribution in [0.4, 0.5) is 5.82 Å². The number of hydrogen-bond acceptors (Lipinski definition) is 7. The predicted octanol–water partition coefficient (Wildman–Crippen LogP) is 3.35. The van der Waals surface area contributed by atoms with Crippen molar-refractivity contribution >= 4 is 22.8 Å². The molecular weight excluding hydrogens is 468 g/mol. The largest absolute Gasteiger partial charge is 0.491 e. The van der Waals surface area contributed by atoms with Crippen LogP contribution in [0.1, 0.15) is 38.6 Å². The molecule has 1 aliphatic carbocycles.